The van der Waals surface area contributed by atoms with Gasteiger partial charge in [0.25, 0.3) is 5.91 Å². The van der Waals surface area contributed by atoms with E-state index in [0.717, 1.165) is 21.1 Å². The van der Waals surface area contributed by atoms with E-state index in [9.17, 15) is 4.79 Å². The van der Waals surface area contributed by atoms with Gasteiger partial charge in [-0.1, -0.05) is 6.07 Å². The fraction of sp³-hybridized carbons (Fsp3) is 0.333. The molecule has 5 heteroatoms. The number of benzene rings is 1. The fourth-order valence-corrected chi connectivity index (χ4v) is 3.11. The Bertz CT molecular complexity index is 649. The van der Waals surface area contributed by atoms with Gasteiger partial charge >= 0.3 is 0 Å². The number of hydrogen-bond donors (Lipinski definition) is 2. The number of amides is 1. The zero-order chi connectivity index (χ0) is 14.9. The lowest BCUT2D eigenvalue weighted by Crippen LogP contribution is -2.27. The van der Waals surface area contributed by atoms with Crippen LogP contribution in [0.25, 0.3) is 0 Å². The average Bonchev–Trinajstić information content (AvgIpc) is 2.68. The second-order valence-corrected chi connectivity index (χ2v) is 6.20. The highest BCUT2D eigenvalue weighted by atomic mass is 32.1. The van der Waals surface area contributed by atoms with Crippen LogP contribution in [0.2, 0.25) is 0 Å². The minimum Gasteiger partial charge on any atom is -0.398 e. The number of nitrogen functional groups attached to an aromatic ring is 1. The Labute approximate surface area is 123 Å². The first kappa shape index (κ1) is 14.5. The summed E-state index contributed by atoms with van der Waals surface area (Å²) in [4.78, 5) is 17.7. The van der Waals surface area contributed by atoms with Crippen molar-refractivity contribution < 1.29 is 4.79 Å². The molecule has 2 aromatic rings. The van der Waals surface area contributed by atoms with Crippen LogP contribution >= 0.6 is 11.3 Å². The van der Waals surface area contributed by atoms with E-state index in [1.54, 1.807) is 17.4 Å². The zero-order valence-corrected chi connectivity index (χ0v) is 13.0. The van der Waals surface area contributed by atoms with Gasteiger partial charge in [0.05, 0.1) is 22.3 Å². The molecule has 0 aliphatic carbocycles. The predicted octanol–water partition coefficient (Wildman–Crippen LogP) is 3.14. The van der Waals surface area contributed by atoms with E-state index in [-0.39, 0.29) is 11.9 Å². The zero-order valence-electron chi connectivity index (χ0n) is 12.2. The van der Waals surface area contributed by atoms with E-state index in [0.29, 0.717) is 11.3 Å². The first-order valence-electron chi connectivity index (χ1n) is 6.49. The molecule has 1 atom stereocenters. The van der Waals surface area contributed by atoms with Crippen molar-refractivity contribution in [2.45, 2.75) is 33.7 Å². The van der Waals surface area contributed by atoms with Crippen LogP contribution in [0.1, 0.15) is 44.5 Å². The number of anilines is 1. The third kappa shape index (κ3) is 2.99. The molecule has 0 spiro atoms. The van der Waals surface area contributed by atoms with Crippen molar-refractivity contribution in [3.8, 4) is 0 Å². The maximum Gasteiger partial charge on any atom is 0.253 e. The third-order valence-corrected chi connectivity index (χ3v) is 4.39. The Hall–Kier alpha value is -1.88. The molecule has 1 unspecified atom stereocenters. The van der Waals surface area contributed by atoms with Crippen LogP contribution in [0.4, 0.5) is 5.69 Å². The van der Waals surface area contributed by atoms with Crippen LogP contribution in [-0.2, 0) is 0 Å². The SMILES string of the molecule is Cc1ccc(C(=O)NC(C)c2sc(C)nc2C)c(N)c1. The quantitative estimate of drug-likeness (QED) is 0.853. The van der Waals surface area contributed by atoms with Gasteiger partial charge in [-0.25, -0.2) is 4.98 Å². The molecule has 3 N–H and O–H groups in total. The lowest BCUT2D eigenvalue weighted by atomic mass is 10.1. The predicted molar refractivity (Wildman–Crippen MR) is 83.1 cm³/mol. The van der Waals surface area contributed by atoms with Gasteiger partial charge in [0.2, 0.25) is 0 Å². The number of nitrogens with zero attached hydrogens (tertiary/aromatic N) is 1. The number of rotatable bonds is 3. The molecule has 4 nitrogen and oxygen atoms in total. The van der Waals surface area contributed by atoms with Gasteiger partial charge in [-0.15, -0.1) is 11.3 Å². The number of thiazole rings is 1. The molecule has 0 bridgehead atoms. The lowest BCUT2D eigenvalue weighted by Gasteiger charge is -2.14. The summed E-state index contributed by atoms with van der Waals surface area (Å²) >= 11 is 1.61. The number of carbonyl (C=O) groups is 1. The van der Waals surface area contributed by atoms with E-state index in [2.05, 4.69) is 10.3 Å². The highest BCUT2D eigenvalue weighted by molar-refractivity contribution is 7.11. The van der Waals surface area contributed by atoms with Gasteiger partial charge in [-0.05, 0) is 45.4 Å². The summed E-state index contributed by atoms with van der Waals surface area (Å²) in [6.45, 7) is 7.84. The van der Waals surface area contributed by atoms with Crippen LogP contribution in [0.3, 0.4) is 0 Å². The summed E-state index contributed by atoms with van der Waals surface area (Å²) < 4.78 is 0. The molecule has 0 radical (unpaired) electrons. The van der Waals surface area contributed by atoms with Crippen molar-refractivity contribution in [2.24, 2.45) is 0 Å². The van der Waals surface area contributed by atoms with E-state index in [1.165, 1.54) is 0 Å². The van der Waals surface area contributed by atoms with E-state index < -0.39 is 0 Å². The van der Waals surface area contributed by atoms with Crippen molar-refractivity contribution in [3.05, 3.63) is 44.9 Å². The van der Waals surface area contributed by atoms with Gasteiger partial charge in [-0.2, -0.15) is 0 Å². The average molecular weight is 289 g/mol. The number of nitrogens with two attached hydrogens (primary N) is 1. The molecule has 2 rings (SSSR count). The van der Waals surface area contributed by atoms with Crippen LogP contribution in [0.15, 0.2) is 18.2 Å². The second-order valence-electron chi connectivity index (χ2n) is 4.97. The third-order valence-electron chi connectivity index (χ3n) is 3.13. The van der Waals surface area contributed by atoms with Gasteiger partial charge in [0.15, 0.2) is 0 Å². The number of aromatic nitrogens is 1. The van der Waals surface area contributed by atoms with Crippen LogP contribution < -0.4 is 11.1 Å². The highest BCUT2D eigenvalue weighted by Gasteiger charge is 2.17. The van der Waals surface area contributed by atoms with Crippen molar-refractivity contribution in [3.63, 3.8) is 0 Å². The van der Waals surface area contributed by atoms with Gasteiger partial charge < -0.3 is 11.1 Å². The smallest absolute Gasteiger partial charge is 0.253 e. The maximum atomic E-state index is 12.3. The molecule has 0 saturated heterocycles. The molecule has 106 valence electrons. The first-order chi connectivity index (χ1) is 9.38. The van der Waals surface area contributed by atoms with E-state index >= 15 is 0 Å². The molecule has 1 amide bonds. The first-order valence-corrected chi connectivity index (χ1v) is 7.31. The standard InChI is InChI=1S/C15H19N3OS/c1-8-5-6-12(13(16)7-8)15(19)18-10(3)14-9(2)17-11(4)20-14/h5-7,10H,16H2,1-4H3,(H,18,19). The van der Waals surface area contributed by atoms with Crippen LogP contribution in [0, 0.1) is 20.8 Å². The largest absolute Gasteiger partial charge is 0.398 e. The molecule has 20 heavy (non-hydrogen) atoms. The summed E-state index contributed by atoms with van der Waals surface area (Å²) in [5.74, 6) is -0.152. The minimum atomic E-state index is -0.152. The molecule has 1 aromatic heterocycles. The Morgan fingerprint density at radius 1 is 1.35 bits per heavy atom. The Balaban J connectivity index is 2.17. The Morgan fingerprint density at radius 2 is 2.05 bits per heavy atom. The number of nitrogens with one attached hydrogen (secondary N) is 1. The topological polar surface area (TPSA) is 68.0 Å². The molecular formula is C15H19N3OS. The Kier molecular flexibility index (Phi) is 4.09. The maximum absolute atomic E-state index is 12.3. The summed E-state index contributed by atoms with van der Waals surface area (Å²) in [7, 11) is 0. The number of hydrogen-bond acceptors (Lipinski definition) is 4. The highest BCUT2D eigenvalue weighted by Crippen LogP contribution is 2.25. The molecule has 0 aliphatic rings. The van der Waals surface area contributed by atoms with Gasteiger partial charge in [-0.3, -0.25) is 4.79 Å². The molecular weight excluding hydrogens is 270 g/mol. The lowest BCUT2D eigenvalue weighted by molar-refractivity contribution is 0.0941. The van der Waals surface area contributed by atoms with E-state index in [4.69, 9.17) is 5.73 Å². The summed E-state index contributed by atoms with van der Waals surface area (Å²) in [6.07, 6.45) is 0. The molecule has 0 saturated carbocycles. The second kappa shape index (κ2) is 5.63. The monoisotopic (exact) mass is 289 g/mol. The number of aryl methyl sites for hydroxylation is 3. The molecule has 0 fully saturated rings. The summed E-state index contributed by atoms with van der Waals surface area (Å²) in [5.41, 5.74) is 8.93. The van der Waals surface area contributed by atoms with Crippen molar-refractivity contribution in [1.29, 1.82) is 0 Å². The van der Waals surface area contributed by atoms with Gasteiger partial charge in [0.1, 0.15) is 0 Å². The molecule has 0 aliphatic heterocycles. The van der Waals surface area contributed by atoms with Gasteiger partial charge in [0, 0.05) is 10.6 Å². The minimum absolute atomic E-state index is 0.0746. The number of carbonyl (C=O) groups excluding carboxylic acids is 1. The van der Waals surface area contributed by atoms with E-state index in [1.807, 2.05) is 39.8 Å². The fourth-order valence-electron chi connectivity index (χ4n) is 2.18. The summed E-state index contributed by atoms with van der Waals surface area (Å²) in [5, 5.41) is 3.99. The Morgan fingerprint density at radius 3 is 2.60 bits per heavy atom. The normalized spacial score (nSPS) is 12.2. The van der Waals surface area contributed by atoms with Crippen molar-refractivity contribution in [2.75, 3.05) is 5.73 Å². The molecule has 1 aromatic carbocycles. The van der Waals surface area contributed by atoms with Crippen LogP contribution in [-0.4, -0.2) is 10.9 Å². The van der Waals surface area contributed by atoms with Crippen molar-refractivity contribution >= 4 is 22.9 Å². The molecule has 1 heterocycles. The van der Waals surface area contributed by atoms with Crippen molar-refractivity contribution in [1.82, 2.24) is 10.3 Å². The van der Waals surface area contributed by atoms with Crippen LogP contribution in [0.5, 0.6) is 0 Å². The summed E-state index contributed by atoms with van der Waals surface area (Å²) in [6, 6.07) is 5.38.